The third-order valence-corrected chi connectivity index (χ3v) is 4.95. The molecule has 0 amide bonds. The van der Waals surface area contributed by atoms with Crippen LogP contribution in [0, 0.1) is 0 Å². The molecule has 5 heteroatoms. The van der Waals surface area contributed by atoms with Gasteiger partial charge in [-0.2, -0.15) is 0 Å². The van der Waals surface area contributed by atoms with Crippen LogP contribution in [-0.4, -0.2) is 27.4 Å². The third-order valence-electron chi connectivity index (χ3n) is 3.03. The first-order chi connectivity index (χ1) is 8.48. The fraction of sp³-hybridized carbons (Fsp3) is 0.538. The Morgan fingerprint density at radius 1 is 1.28 bits per heavy atom. The lowest BCUT2D eigenvalue weighted by atomic mass is 10.1. The maximum absolute atomic E-state index is 12.0. The molecule has 0 atom stereocenters. The molecule has 0 unspecified atom stereocenters. The molecule has 1 heterocycles. The van der Waals surface area contributed by atoms with Crippen LogP contribution in [0.1, 0.15) is 25.8 Å². The van der Waals surface area contributed by atoms with Crippen LogP contribution in [0.15, 0.2) is 29.2 Å². The molecule has 0 spiro atoms. The smallest absolute Gasteiger partial charge is 0.192 e. The van der Waals surface area contributed by atoms with Gasteiger partial charge in [0.05, 0.1) is 23.9 Å². The van der Waals surface area contributed by atoms with Gasteiger partial charge in [0, 0.05) is 5.56 Å². The van der Waals surface area contributed by atoms with Crippen molar-refractivity contribution in [1.82, 2.24) is 0 Å². The largest absolute Gasteiger partial charge is 0.344 e. The van der Waals surface area contributed by atoms with Crippen LogP contribution in [0.4, 0.5) is 0 Å². The van der Waals surface area contributed by atoms with Gasteiger partial charge in [-0.05, 0) is 25.5 Å². The summed E-state index contributed by atoms with van der Waals surface area (Å²) >= 11 is 0. The van der Waals surface area contributed by atoms with Crippen molar-refractivity contribution in [2.75, 3.05) is 19.0 Å². The van der Waals surface area contributed by atoms with Crippen molar-refractivity contribution in [3.05, 3.63) is 29.8 Å². The molecule has 1 saturated heterocycles. The van der Waals surface area contributed by atoms with E-state index in [9.17, 15) is 8.42 Å². The van der Waals surface area contributed by atoms with Gasteiger partial charge in [-0.25, -0.2) is 8.42 Å². The SMILES string of the molecule is CCCS(=O)(=O)c1cccc(C2(C)OCCO2)c1. The normalized spacial score (nSPS) is 19.0. The van der Waals surface area contributed by atoms with Crippen LogP contribution in [-0.2, 0) is 25.1 Å². The summed E-state index contributed by atoms with van der Waals surface area (Å²) in [6.45, 7) is 4.72. The van der Waals surface area contributed by atoms with Gasteiger partial charge < -0.3 is 9.47 Å². The lowest BCUT2D eigenvalue weighted by molar-refractivity contribution is -0.149. The molecule has 1 aromatic carbocycles. The highest BCUT2D eigenvalue weighted by Crippen LogP contribution is 2.32. The molecule has 1 aliphatic rings. The van der Waals surface area contributed by atoms with Gasteiger partial charge in [0.1, 0.15) is 0 Å². The highest BCUT2D eigenvalue weighted by atomic mass is 32.2. The first kappa shape index (κ1) is 13.5. The van der Waals surface area contributed by atoms with E-state index in [1.807, 2.05) is 19.9 Å². The standard InChI is InChI=1S/C13H18O4S/c1-3-9-18(14,15)12-6-4-5-11(10-12)13(2)16-7-8-17-13/h4-6,10H,3,7-9H2,1-2H3. The molecule has 18 heavy (non-hydrogen) atoms. The number of hydrogen-bond acceptors (Lipinski definition) is 4. The fourth-order valence-corrected chi connectivity index (χ4v) is 3.41. The van der Waals surface area contributed by atoms with Gasteiger partial charge >= 0.3 is 0 Å². The molecular formula is C13H18O4S. The zero-order chi connectivity index (χ0) is 13.2. The van der Waals surface area contributed by atoms with Crippen LogP contribution in [0.2, 0.25) is 0 Å². The quantitative estimate of drug-likeness (QED) is 0.840. The van der Waals surface area contributed by atoms with Gasteiger partial charge in [0.15, 0.2) is 15.6 Å². The predicted molar refractivity (Wildman–Crippen MR) is 68.0 cm³/mol. The Hall–Kier alpha value is -0.910. The van der Waals surface area contributed by atoms with E-state index in [1.54, 1.807) is 18.2 Å². The average molecular weight is 270 g/mol. The van der Waals surface area contributed by atoms with E-state index in [0.29, 0.717) is 24.5 Å². The Balaban J connectivity index is 2.36. The monoisotopic (exact) mass is 270 g/mol. The van der Waals surface area contributed by atoms with Gasteiger partial charge in [0.2, 0.25) is 0 Å². The molecule has 2 rings (SSSR count). The second-order valence-corrected chi connectivity index (χ2v) is 6.60. The minimum atomic E-state index is -3.20. The predicted octanol–water partition coefficient (Wildman–Crippen LogP) is 2.09. The zero-order valence-electron chi connectivity index (χ0n) is 10.7. The second-order valence-electron chi connectivity index (χ2n) is 4.49. The number of ether oxygens (including phenoxy) is 2. The van der Waals surface area contributed by atoms with Crippen molar-refractivity contribution in [3.63, 3.8) is 0 Å². The fourth-order valence-electron chi connectivity index (χ4n) is 2.04. The third kappa shape index (κ3) is 2.58. The summed E-state index contributed by atoms with van der Waals surface area (Å²) in [6.07, 6.45) is 0.608. The van der Waals surface area contributed by atoms with Gasteiger partial charge in [-0.1, -0.05) is 19.1 Å². The van der Waals surface area contributed by atoms with Crippen LogP contribution < -0.4 is 0 Å². The topological polar surface area (TPSA) is 52.6 Å². The van der Waals surface area contributed by atoms with Crippen molar-refractivity contribution >= 4 is 9.84 Å². The number of hydrogen-bond donors (Lipinski definition) is 0. The molecular weight excluding hydrogens is 252 g/mol. The van der Waals surface area contributed by atoms with Crippen molar-refractivity contribution in [2.45, 2.75) is 31.0 Å². The van der Waals surface area contributed by atoms with Crippen molar-refractivity contribution < 1.29 is 17.9 Å². The van der Waals surface area contributed by atoms with Crippen LogP contribution in [0.25, 0.3) is 0 Å². The Morgan fingerprint density at radius 2 is 1.94 bits per heavy atom. The molecule has 0 N–H and O–H groups in total. The molecule has 1 aliphatic heterocycles. The summed E-state index contributed by atoms with van der Waals surface area (Å²) in [4.78, 5) is 0.335. The minimum Gasteiger partial charge on any atom is -0.344 e. The Bertz CT molecular complexity index is 516. The van der Waals surface area contributed by atoms with E-state index in [-0.39, 0.29) is 5.75 Å². The van der Waals surface area contributed by atoms with Crippen molar-refractivity contribution in [3.8, 4) is 0 Å². The first-order valence-corrected chi connectivity index (χ1v) is 7.74. The van der Waals surface area contributed by atoms with Gasteiger partial charge in [0.25, 0.3) is 0 Å². The number of sulfone groups is 1. The Kier molecular flexibility index (Phi) is 3.75. The molecule has 1 aromatic rings. The lowest BCUT2D eigenvalue weighted by Gasteiger charge is -2.23. The maximum atomic E-state index is 12.0. The van der Waals surface area contributed by atoms with Crippen LogP contribution >= 0.6 is 0 Å². The summed E-state index contributed by atoms with van der Waals surface area (Å²) < 4.78 is 35.1. The molecule has 0 aromatic heterocycles. The Labute approximate surface area is 108 Å². The van der Waals surface area contributed by atoms with E-state index >= 15 is 0 Å². The van der Waals surface area contributed by atoms with Crippen molar-refractivity contribution in [2.24, 2.45) is 0 Å². The van der Waals surface area contributed by atoms with Crippen molar-refractivity contribution in [1.29, 1.82) is 0 Å². The van der Waals surface area contributed by atoms with Gasteiger partial charge in [-0.3, -0.25) is 0 Å². The highest BCUT2D eigenvalue weighted by Gasteiger charge is 2.33. The summed E-state index contributed by atoms with van der Waals surface area (Å²) in [7, 11) is -3.20. The summed E-state index contributed by atoms with van der Waals surface area (Å²) in [5, 5.41) is 0. The van der Waals surface area contributed by atoms with E-state index in [4.69, 9.17) is 9.47 Å². The molecule has 0 bridgehead atoms. The summed E-state index contributed by atoms with van der Waals surface area (Å²) in [5.74, 6) is -0.660. The summed E-state index contributed by atoms with van der Waals surface area (Å²) in [5.41, 5.74) is 0.747. The second kappa shape index (κ2) is 4.99. The Morgan fingerprint density at radius 3 is 2.56 bits per heavy atom. The van der Waals surface area contributed by atoms with E-state index in [0.717, 1.165) is 5.56 Å². The maximum Gasteiger partial charge on any atom is 0.192 e. The lowest BCUT2D eigenvalue weighted by Crippen LogP contribution is -2.22. The van der Waals surface area contributed by atoms with E-state index < -0.39 is 15.6 Å². The number of benzene rings is 1. The molecule has 0 aliphatic carbocycles. The van der Waals surface area contributed by atoms with Gasteiger partial charge in [-0.15, -0.1) is 0 Å². The summed E-state index contributed by atoms with van der Waals surface area (Å²) in [6, 6.07) is 6.83. The van der Waals surface area contributed by atoms with Crippen LogP contribution in [0.5, 0.6) is 0 Å². The molecule has 4 nitrogen and oxygen atoms in total. The minimum absolute atomic E-state index is 0.162. The molecule has 0 radical (unpaired) electrons. The highest BCUT2D eigenvalue weighted by molar-refractivity contribution is 7.91. The zero-order valence-corrected chi connectivity index (χ0v) is 11.5. The van der Waals surface area contributed by atoms with E-state index in [1.165, 1.54) is 0 Å². The molecule has 100 valence electrons. The van der Waals surface area contributed by atoms with E-state index in [2.05, 4.69) is 0 Å². The average Bonchev–Trinajstić information content (AvgIpc) is 2.78. The molecule has 0 saturated carbocycles. The van der Waals surface area contributed by atoms with Crippen LogP contribution in [0.3, 0.4) is 0 Å². The molecule has 1 fully saturated rings. The first-order valence-electron chi connectivity index (χ1n) is 6.09. The number of rotatable bonds is 4.